The fourth-order valence-corrected chi connectivity index (χ4v) is 2.42. The van der Waals surface area contributed by atoms with Crippen molar-refractivity contribution in [2.75, 3.05) is 0 Å². The van der Waals surface area contributed by atoms with Crippen molar-refractivity contribution in [3.63, 3.8) is 0 Å². The molecule has 0 spiro atoms. The van der Waals surface area contributed by atoms with E-state index < -0.39 is 0 Å². The summed E-state index contributed by atoms with van der Waals surface area (Å²) in [4.78, 5) is 0. The predicted molar refractivity (Wildman–Crippen MR) is 66.2 cm³/mol. The van der Waals surface area contributed by atoms with Crippen LogP contribution in [0.2, 0.25) is 5.02 Å². The monoisotopic (exact) mass is 288 g/mol. The van der Waals surface area contributed by atoms with E-state index in [4.69, 9.17) is 11.6 Å². The second-order valence-corrected chi connectivity index (χ2v) is 5.93. The third-order valence-electron chi connectivity index (χ3n) is 3.27. The van der Waals surface area contributed by atoms with Crippen LogP contribution >= 0.6 is 27.5 Å². The maximum atomic E-state index is 10.0. The summed E-state index contributed by atoms with van der Waals surface area (Å²) in [5.41, 5.74) is 1.16. The van der Waals surface area contributed by atoms with Crippen LogP contribution in [-0.4, -0.2) is 11.2 Å². The molecule has 0 heterocycles. The van der Waals surface area contributed by atoms with Gasteiger partial charge in [-0.1, -0.05) is 40.5 Å². The molecule has 1 aliphatic carbocycles. The van der Waals surface area contributed by atoms with Crippen LogP contribution in [0.5, 0.6) is 0 Å². The molecular formula is C12H14BrClO. The molecule has 0 amide bonds. The van der Waals surface area contributed by atoms with E-state index in [9.17, 15) is 5.11 Å². The molecule has 1 nitrogen and oxygen atoms in total. The Bertz CT molecular complexity index is 374. The number of aliphatic hydroxyl groups is 1. The summed E-state index contributed by atoms with van der Waals surface area (Å²) in [6.07, 6.45) is 2.64. The molecule has 0 aliphatic heterocycles. The van der Waals surface area contributed by atoms with Gasteiger partial charge in [-0.25, -0.2) is 0 Å². The minimum atomic E-state index is -0.267. The van der Waals surface area contributed by atoms with E-state index >= 15 is 0 Å². The van der Waals surface area contributed by atoms with Gasteiger partial charge >= 0.3 is 0 Å². The van der Waals surface area contributed by atoms with Crippen molar-refractivity contribution in [2.45, 2.75) is 32.3 Å². The fourth-order valence-electron chi connectivity index (χ4n) is 1.67. The molecule has 1 unspecified atom stereocenters. The molecule has 1 fully saturated rings. The zero-order chi connectivity index (χ0) is 11.1. The topological polar surface area (TPSA) is 20.2 Å². The second-order valence-electron chi connectivity index (χ2n) is 4.61. The third-order valence-corrected chi connectivity index (χ3v) is 4.12. The molecule has 82 valence electrons. The molecule has 2 rings (SSSR count). The van der Waals surface area contributed by atoms with Gasteiger partial charge in [0.1, 0.15) is 0 Å². The zero-order valence-electron chi connectivity index (χ0n) is 8.63. The summed E-state index contributed by atoms with van der Waals surface area (Å²) < 4.78 is 0.975. The maximum absolute atomic E-state index is 10.0. The van der Waals surface area contributed by atoms with Crippen LogP contribution in [0.25, 0.3) is 0 Å². The molecule has 1 atom stereocenters. The van der Waals surface area contributed by atoms with Crippen molar-refractivity contribution < 1.29 is 5.11 Å². The highest BCUT2D eigenvalue weighted by Gasteiger charge is 2.43. The van der Waals surface area contributed by atoms with Crippen molar-refractivity contribution in [3.05, 3.63) is 33.3 Å². The summed E-state index contributed by atoms with van der Waals surface area (Å²) in [7, 11) is 0. The molecule has 0 aromatic heterocycles. The highest BCUT2D eigenvalue weighted by molar-refractivity contribution is 9.10. The number of rotatable bonds is 3. The van der Waals surface area contributed by atoms with E-state index in [0.717, 1.165) is 27.9 Å². The van der Waals surface area contributed by atoms with Gasteiger partial charge in [-0.05, 0) is 36.0 Å². The standard InChI is InChI=1S/C12H14BrClO/c1-12(4-5-12)11(15)6-8-2-3-9(13)7-10(8)14/h2-3,7,11,15H,4-6H2,1H3. The Morgan fingerprint density at radius 3 is 2.73 bits per heavy atom. The van der Waals surface area contributed by atoms with Crippen molar-refractivity contribution >= 4 is 27.5 Å². The van der Waals surface area contributed by atoms with Gasteiger partial charge in [0.15, 0.2) is 0 Å². The van der Waals surface area contributed by atoms with Gasteiger partial charge in [-0.3, -0.25) is 0 Å². The molecule has 1 N–H and O–H groups in total. The molecule has 1 aliphatic rings. The molecule has 15 heavy (non-hydrogen) atoms. The predicted octanol–water partition coefficient (Wildman–Crippen LogP) is 3.81. The number of halogens is 2. The number of hydrogen-bond acceptors (Lipinski definition) is 1. The first-order valence-corrected chi connectivity index (χ1v) is 6.30. The van der Waals surface area contributed by atoms with Crippen LogP contribution in [0.1, 0.15) is 25.3 Å². The lowest BCUT2D eigenvalue weighted by molar-refractivity contribution is 0.103. The third kappa shape index (κ3) is 2.55. The Morgan fingerprint density at radius 1 is 1.53 bits per heavy atom. The van der Waals surface area contributed by atoms with Crippen LogP contribution < -0.4 is 0 Å². The van der Waals surface area contributed by atoms with E-state index in [1.165, 1.54) is 0 Å². The number of hydrogen-bond donors (Lipinski definition) is 1. The van der Waals surface area contributed by atoms with Crippen molar-refractivity contribution in [3.8, 4) is 0 Å². The molecule has 1 aromatic carbocycles. The lowest BCUT2D eigenvalue weighted by Crippen LogP contribution is -2.21. The van der Waals surface area contributed by atoms with Crippen LogP contribution in [0.4, 0.5) is 0 Å². The van der Waals surface area contributed by atoms with Gasteiger partial charge in [0.05, 0.1) is 6.10 Å². The van der Waals surface area contributed by atoms with Crippen molar-refractivity contribution in [1.29, 1.82) is 0 Å². The summed E-state index contributed by atoms with van der Waals surface area (Å²) in [5, 5.41) is 10.8. The summed E-state index contributed by atoms with van der Waals surface area (Å²) in [5.74, 6) is 0. The molecule has 0 saturated heterocycles. The zero-order valence-corrected chi connectivity index (χ0v) is 11.0. The van der Waals surface area contributed by atoms with E-state index in [-0.39, 0.29) is 11.5 Å². The maximum Gasteiger partial charge on any atom is 0.0634 e. The van der Waals surface area contributed by atoms with E-state index in [2.05, 4.69) is 22.9 Å². The first-order valence-electron chi connectivity index (χ1n) is 5.13. The average molecular weight is 290 g/mol. The lowest BCUT2D eigenvalue weighted by Gasteiger charge is -2.18. The Hall–Kier alpha value is -0.0500. The SMILES string of the molecule is CC1(C(O)Cc2ccc(Br)cc2Cl)CC1. The van der Waals surface area contributed by atoms with E-state index in [1.807, 2.05) is 18.2 Å². The lowest BCUT2D eigenvalue weighted by atomic mass is 9.95. The number of aliphatic hydroxyl groups excluding tert-OH is 1. The van der Waals surface area contributed by atoms with Gasteiger partial charge in [0.25, 0.3) is 0 Å². The normalized spacial score (nSPS) is 20.0. The largest absolute Gasteiger partial charge is 0.392 e. The summed E-state index contributed by atoms with van der Waals surface area (Å²) in [6.45, 7) is 2.13. The van der Waals surface area contributed by atoms with E-state index in [1.54, 1.807) is 0 Å². The smallest absolute Gasteiger partial charge is 0.0634 e. The Kier molecular flexibility index (Phi) is 3.11. The first-order chi connectivity index (χ1) is 7.01. The Balaban J connectivity index is 2.10. The van der Waals surface area contributed by atoms with Gasteiger partial charge < -0.3 is 5.11 Å². The molecular weight excluding hydrogens is 275 g/mol. The first kappa shape index (κ1) is 11.4. The van der Waals surface area contributed by atoms with Gasteiger partial charge in [0, 0.05) is 15.9 Å². The second kappa shape index (κ2) is 4.08. The summed E-state index contributed by atoms with van der Waals surface area (Å²) >= 11 is 9.47. The fraction of sp³-hybridized carbons (Fsp3) is 0.500. The van der Waals surface area contributed by atoms with Crippen LogP contribution in [0.3, 0.4) is 0 Å². The van der Waals surface area contributed by atoms with E-state index in [0.29, 0.717) is 6.42 Å². The molecule has 0 radical (unpaired) electrons. The van der Waals surface area contributed by atoms with Gasteiger partial charge in [0.2, 0.25) is 0 Å². The molecule has 1 saturated carbocycles. The van der Waals surface area contributed by atoms with Gasteiger partial charge in [-0.15, -0.1) is 0 Å². The molecule has 1 aromatic rings. The average Bonchev–Trinajstić information content (AvgIpc) is 2.90. The van der Waals surface area contributed by atoms with Gasteiger partial charge in [-0.2, -0.15) is 0 Å². The quantitative estimate of drug-likeness (QED) is 0.897. The van der Waals surface area contributed by atoms with Crippen molar-refractivity contribution in [1.82, 2.24) is 0 Å². The minimum Gasteiger partial charge on any atom is -0.392 e. The molecule has 0 bridgehead atoms. The Labute approximate surface area is 104 Å². The number of benzene rings is 1. The van der Waals surface area contributed by atoms with Crippen molar-refractivity contribution in [2.24, 2.45) is 5.41 Å². The Morgan fingerprint density at radius 2 is 2.20 bits per heavy atom. The van der Waals surface area contributed by atoms with Crippen LogP contribution in [0.15, 0.2) is 22.7 Å². The minimum absolute atomic E-state index is 0.135. The van der Waals surface area contributed by atoms with Crippen LogP contribution in [0, 0.1) is 5.41 Å². The molecule has 3 heteroatoms. The highest BCUT2D eigenvalue weighted by atomic mass is 79.9. The highest BCUT2D eigenvalue weighted by Crippen LogP contribution is 2.49. The summed E-state index contributed by atoms with van der Waals surface area (Å²) in [6, 6.07) is 5.81. The van der Waals surface area contributed by atoms with Crippen LogP contribution in [-0.2, 0) is 6.42 Å².